The summed E-state index contributed by atoms with van der Waals surface area (Å²) in [5, 5.41) is 0.324. The molecule has 0 aliphatic heterocycles. The van der Waals surface area contributed by atoms with Crippen molar-refractivity contribution in [3.05, 3.63) is 40.2 Å². The highest BCUT2D eigenvalue weighted by atomic mass is 19.4. The molecule has 0 spiro atoms. The molecule has 1 heterocycles. The Hall–Kier alpha value is -1.98. The van der Waals surface area contributed by atoms with Crippen molar-refractivity contribution in [3.8, 4) is 5.75 Å². The third kappa shape index (κ3) is 3.53. The average Bonchev–Trinajstić information content (AvgIpc) is 2.36. The third-order valence-corrected chi connectivity index (χ3v) is 2.78. The quantitative estimate of drug-likeness (QED) is 0.935. The molecule has 0 saturated heterocycles. The Labute approximate surface area is 113 Å². The molecule has 0 saturated carbocycles. The minimum atomic E-state index is -4.40. The summed E-state index contributed by atoms with van der Waals surface area (Å²) in [5.74, 6) is 0.0311. The Bertz CT molecular complexity index is 661. The molecule has 0 amide bonds. The van der Waals surface area contributed by atoms with E-state index in [2.05, 4.69) is 9.72 Å². The fraction of sp³-hybridized carbons (Fsp3) is 0.357. The number of aromatic amines is 1. The van der Waals surface area contributed by atoms with Crippen molar-refractivity contribution >= 4 is 10.9 Å². The van der Waals surface area contributed by atoms with E-state index >= 15 is 0 Å². The van der Waals surface area contributed by atoms with E-state index in [0.717, 1.165) is 18.5 Å². The van der Waals surface area contributed by atoms with Gasteiger partial charge < -0.3 is 9.72 Å². The molecule has 20 heavy (non-hydrogen) atoms. The van der Waals surface area contributed by atoms with Crippen LogP contribution in [0.25, 0.3) is 10.9 Å². The fourth-order valence-corrected chi connectivity index (χ4v) is 1.94. The van der Waals surface area contributed by atoms with Crippen LogP contribution in [0, 0.1) is 0 Å². The summed E-state index contributed by atoms with van der Waals surface area (Å²) in [7, 11) is 0. The zero-order chi connectivity index (χ0) is 14.8. The van der Waals surface area contributed by atoms with Gasteiger partial charge in [-0.3, -0.25) is 4.79 Å². The van der Waals surface area contributed by atoms with Gasteiger partial charge in [-0.25, -0.2) is 0 Å². The molecule has 0 atom stereocenters. The van der Waals surface area contributed by atoms with E-state index in [9.17, 15) is 18.0 Å². The second-order valence-corrected chi connectivity index (χ2v) is 4.52. The highest BCUT2D eigenvalue weighted by Crippen LogP contribution is 2.21. The van der Waals surface area contributed by atoms with E-state index < -0.39 is 12.8 Å². The smallest absolute Gasteiger partial charge is 0.422 e. The maximum absolute atomic E-state index is 12.1. The van der Waals surface area contributed by atoms with E-state index in [1.54, 1.807) is 6.07 Å². The molecule has 1 N–H and O–H groups in total. The van der Waals surface area contributed by atoms with E-state index in [4.69, 9.17) is 0 Å². The maximum Gasteiger partial charge on any atom is 0.422 e. The highest BCUT2D eigenvalue weighted by Gasteiger charge is 2.28. The van der Waals surface area contributed by atoms with Crippen LogP contribution in [0.2, 0.25) is 0 Å². The summed E-state index contributed by atoms with van der Waals surface area (Å²) >= 11 is 0. The van der Waals surface area contributed by atoms with Gasteiger partial charge in [-0.2, -0.15) is 13.2 Å². The Morgan fingerprint density at radius 1 is 1.25 bits per heavy atom. The molecule has 1 aromatic heterocycles. The summed E-state index contributed by atoms with van der Waals surface area (Å²) < 4.78 is 40.9. The molecule has 0 radical (unpaired) electrons. The lowest BCUT2D eigenvalue weighted by Gasteiger charge is -2.10. The molecule has 0 aliphatic rings. The highest BCUT2D eigenvalue weighted by molar-refractivity contribution is 5.80. The number of hydrogen-bond acceptors (Lipinski definition) is 2. The molecule has 0 fully saturated rings. The maximum atomic E-state index is 12.1. The number of H-pyrrole nitrogens is 1. The number of rotatable bonds is 4. The standard InChI is InChI=1S/C14H14F3NO2/c1-2-3-9-6-13(19)11-7-10(4-5-12(11)18-9)20-8-14(15,16)17/h4-7H,2-3,8H2,1H3,(H,18,19). The van der Waals surface area contributed by atoms with Crippen LogP contribution in [0.3, 0.4) is 0 Å². The van der Waals surface area contributed by atoms with Gasteiger partial charge in [0.15, 0.2) is 12.0 Å². The molecule has 2 rings (SSSR count). The number of benzene rings is 1. The number of halogens is 3. The van der Waals surface area contributed by atoms with Crippen LogP contribution in [0.5, 0.6) is 5.75 Å². The van der Waals surface area contributed by atoms with Crippen molar-refractivity contribution < 1.29 is 17.9 Å². The first kappa shape index (κ1) is 14.4. The summed E-state index contributed by atoms with van der Waals surface area (Å²) in [6.45, 7) is 0.626. The predicted octanol–water partition coefficient (Wildman–Crippen LogP) is 3.42. The molecule has 0 bridgehead atoms. The zero-order valence-electron chi connectivity index (χ0n) is 10.9. The van der Waals surface area contributed by atoms with Gasteiger partial charge in [0.2, 0.25) is 0 Å². The molecule has 2 aromatic rings. The van der Waals surface area contributed by atoms with Crippen molar-refractivity contribution in [1.29, 1.82) is 0 Å². The van der Waals surface area contributed by atoms with Crippen LogP contribution in [-0.2, 0) is 6.42 Å². The van der Waals surface area contributed by atoms with Crippen LogP contribution in [0.4, 0.5) is 13.2 Å². The van der Waals surface area contributed by atoms with E-state index in [0.29, 0.717) is 10.9 Å². The number of aromatic nitrogens is 1. The molecule has 0 aliphatic carbocycles. The Morgan fingerprint density at radius 2 is 2.00 bits per heavy atom. The molecule has 108 valence electrons. The normalized spacial score (nSPS) is 11.8. The first-order valence-corrected chi connectivity index (χ1v) is 6.24. The lowest BCUT2D eigenvalue weighted by atomic mass is 10.1. The first-order valence-electron chi connectivity index (χ1n) is 6.24. The summed E-state index contributed by atoms with van der Waals surface area (Å²) in [6, 6.07) is 5.77. The van der Waals surface area contributed by atoms with Gasteiger partial charge in [-0.1, -0.05) is 13.3 Å². The third-order valence-electron chi connectivity index (χ3n) is 2.78. The SMILES string of the molecule is CCCc1cc(=O)c2cc(OCC(F)(F)F)ccc2[nH]1. The second kappa shape index (κ2) is 5.56. The number of ether oxygens (including phenoxy) is 1. The number of nitrogens with one attached hydrogen (secondary N) is 1. The molecule has 0 unspecified atom stereocenters. The lowest BCUT2D eigenvalue weighted by Crippen LogP contribution is -2.19. The van der Waals surface area contributed by atoms with Crippen LogP contribution >= 0.6 is 0 Å². The van der Waals surface area contributed by atoms with Crippen molar-refractivity contribution in [2.24, 2.45) is 0 Å². The number of hydrogen-bond donors (Lipinski definition) is 1. The number of fused-ring (bicyclic) bond motifs is 1. The Balaban J connectivity index is 2.32. The molecule has 6 heteroatoms. The lowest BCUT2D eigenvalue weighted by molar-refractivity contribution is -0.153. The minimum Gasteiger partial charge on any atom is -0.484 e. The van der Waals surface area contributed by atoms with Gasteiger partial charge in [0.05, 0.1) is 0 Å². The van der Waals surface area contributed by atoms with E-state index in [-0.39, 0.29) is 11.2 Å². The number of alkyl halides is 3. The summed E-state index contributed by atoms with van der Waals surface area (Å²) in [5.41, 5.74) is 1.19. The molecular formula is C14H14F3NO2. The van der Waals surface area contributed by atoms with Crippen LogP contribution in [0.1, 0.15) is 19.0 Å². The second-order valence-electron chi connectivity index (χ2n) is 4.52. The fourth-order valence-electron chi connectivity index (χ4n) is 1.94. The molecule has 1 aromatic carbocycles. The molecule has 3 nitrogen and oxygen atoms in total. The van der Waals surface area contributed by atoms with E-state index in [1.807, 2.05) is 6.92 Å². The number of aryl methyl sites for hydroxylation is 1. The molecular weight excluding hydrogens is 271 g/mol. The largest absolute Gasteiger partial charge is 0.484 e. The average molecular weight is 285 g/mol. The Morgan fingerprint density at radius 3 is 2.65 bits per heavy atom. The monoisotopic (exact) mass is 285 g/mol. The topological polar surface area (TPSA) is 42.1 Å². The summed E-state index contributed by atoms with van der Waals surface area (Å²) in [4.78, 5) is 15.0. The van der Waals surface area contributed by atoms with Crippen molar-refractivity contribution in [2.45, 2.75) is 25.9 Å². The van der Waals surface area contributed by atoms with Gasteiger partial charge in [0, 0.05) is 22.7 Å². The van der Waals surface area contributed by atoms with Gasteiger partial charge >= 0.3 is 6.18 Å². The van der Waals surface area contributed by atoms with Gasteiger partial charge in [0.25, 0.3) is 0 Å². The Kier molecular flexibility index (Phi) is 4.01. The van der Waals surface area contributed by atoms with E-state index in [1.165, 1.54) is 18.2 Å². The van der Waals surface area contributed by atoms with Crippen LogP contribution < -0.4 is 10.2 Å². The zero-order valence-corrected chi connectivity index (χ0v) is 10.9. The first-order chi connectivity index (χ1) is 9.39. The van der Waals surface area contributed by atoms with Crippen molar-refractivity contribution in [1.82, 2.24) is 4.98 Å². The summed E-state index contributed by atoms with van der Waals surface area (Å²) in [6.07, 6.45) is -2.75. The van der Waals surface area contributed by atoms with Gasteiger partial charge in [0.1, 0.15) is 5.75 Å². The minimum absolute atomic E-state index is 0.0311. The van der Waals surface area contributed by atoms with Crippen molar-refractivity contribution in [2.75, 3.05) is 6.61 Å². The number of pyridine rings is 1. The van der Waals surface area contributed by atoms with Gasteiger partial charge in [-0.05, 0) is 24.6 Å². The van der Waals surface area contributed by atoms with Crippen LogP contribution in [0.15, 0.2) is 29.1 Å². The van der Waals surface area contributed by atoms with Crippen LogP contribution in [-0.4, -0.2) is 17.8 Å². The predicted molar refractivity (Wildman–Crippen MR) is 70.1 cm³/mol. The van der Waals surface area contributed by atoms with Crippen molar-refractivity contribution in [3.63, 3.8) is 0 Å². The van der Waals surface area contributed by atoms with Gasteiger partial charge in [-0.15, -0.1) is 0 Å².